The third kappa shape index (κ3) is 2.33. The third-order valence-electron chi connectivity index (χ3n) is 3.09. The summed E-state index contributed by atoms with van der Waals surface area (Å²) < 4.78 is 7.13. The van der Waals surface area contributed by atoms with E-state index in [1.807, 2.05) is 36.0 Å². The topological polar surface area (TPSA) is 66.2 Å². The van der Waals surface area contributed by atoms with Gasteiger partial charge in [-0.05, 0) is 36.2 Å². The van der Waals surface area contributed by atoms with Crippen LogP contribution in [0.4, 0.5) is 11.4 Å². The van der Waals surface area contributed by atoms with Crippen LogP contribution in [0.15, 0.2) is 30.5 Å². The Bertz CT molecular complexity index is 546. The molecule has 0 aliphatic rings. The SMILES string of the molecule is COCCc1cc(N)c(N)c(-c2cccn2C)c1. The van der Waals surface area contributed by atoms with Crippen molar-refractivity contribution in [3.63, 3.8) is 0 Å². The van der Waals surface area contributed by atoms with Gasteiger partial charge in [-0.15, -0.1) is 0 Å². The highest BCUT2D eigenvalue weighted by Crippen LogP contribution is 2.32. The maximum atomic E-state index is 6.07. The Morgan fingerprint density at radius 1 is 1.28 bits per heavy atom. The standard InChI is InChI=1S/C14H19N3O/c1-17-6-3-4-13(17)11-8-10(5-7-18-2)9-12(15)14(11)16/h3-4,6,8-9H,5,7,15-16H2,1-2H3. The van der Waals surface area contributed by atoms with Crippen molar-refractivity contribution < 1.29 is 4.74 Å². The number of benzene rings is 1. The predicted octanol–water partition coefficient (Wildman–Crippen LogP) is 2.05. The second-order valence-electron chi connectivity index (χ2n) is 4.39. The van der Waals surface area contributed by atoms with E-state index in [1.54, 1.807) is 7.11 Å². The molecule has 0 atom stereocenters. The first kappa shape index (κ1) is 12.5. The molecule has 2 rings (SSSR count). The van der Waals surface area contributed by atoms with Gasteiger partial charge in [0.25, 0.3) is 0 Å². The zero-order valence-electron chi connectivity index (χ0n) is 10.8. The first-order valence-corrected chi connectivity index (χ1v) is 5.92. The predicted molar refractivity (Wildman–Crippen MR) is 75.3 cm³/mol. The fraction of sp³-hybridized carbons (Fsp3) is 0.286. The first-order valence-electron chi connectivity index (χ1n) is 5.92. The van der Waals surface area contributed by atoms with Crippen LogP contribution in [-0.2, 0) is 18.2 Å². The Morgan fingerprint density at radius 3 is 2.67 bits per heavy atom. The number of nitrogen functional groups attached to an aromatic ring is 2. The average Bonchev–Trinajstić information content (AvgIpc) is 2.77. The number of hydrogen-bond acceptors (Lipinski definition) is 3. The largest absolute Gasteiger partial charge is 0.397 e. The normalized spacial score (nSPS) is 10.8. The smallest absolute Gasteiger partial charge is 0.0642 e. The van der Waals surface area contributed by atoms with Crippen LogP contribution in [0.2, 0.25) is 0 Å². The molecule has 0 aliphatic heterocycles. The average molecular weight is 245 g/mol. The number of hydrogen-bond donors (Lipinski definition) is 2. The van der Waals surface area contributed by atoms with Gasteiger partial charge >= 0.3 is 0 Å². The number of aryl methyl sites for hydroxylation is 1. The Hall–Kier alpha value is -1.94. The summed E-state index contributed by atoms with van der Waals surface area (Å²) in [6, 6.07) is 8.03. The van der Waals surface area contributed by atoms with Gasteiger partial charge in [-0.1, -0.05) is 0 Å². The van der Waals surface area contributed by atoms with Gasteiger partial charge in [0, 0.05) is 31.6 Å². The van der Waals surface area contributed by atoms with E-state index in [0.717, 1.165) is 23.2 Å². The molecule has 0 saturated heterocycles. The number of ether oxygens (including phenoxy) is 1. The molecular weight excluding hydrogens is 226 g/mol. The van der Waals surface area contributed by atoms with Crippen LogP contribution in [-0.4, -0.2) is 18.3 Å². The van der Waals surface area contributed by atoms with Gasteiger partial charge in [-0.3, -0.25) is 0 Å². The highest BCUT2D eigenvalue weighted by Gasteiger charge is 2.10. The van der Waals surface area contributed by atoms with E-state index >= 15 is 0 Å². The van der Waals surface area contributed by atoms with Crippen LogP contribution in [0.25, 0.3) is 11.3 Å². The lowest BCUT2D eigenvalue weighted by atomic mass is 10.0. The van der Waals surface area contributed by atoms with Crippen molar-refractivity contribution in [1.82, 2.24) is 4.57 Å². The molecule has 0 radical (unpaired) electrons. The number of nitrogens with zero attached hydrogens (tertiary/aromatic N) is 1. The van der Waals surface area contributed by atoms with Crippen molar-refractivity contribution in [2.75, 3.05) is 25.2 Å². The summed E-state index contributed by atoms with van der Waals surface area (Å²) in [5.74, 6) is 0. The molecule has 0 amide bonds. The zero-order valence-corrected chi connectivity index (χ0v) is 10.8. The molecule has 4 heteroatoms. The third-order valence-corrected chi connectivity index (χ3v) is 3.09. The van der Waals surface area contributed by atoms with Crippen LogP contribution in [0.5, 0.6) is 0 Å². The molecule has 4 nitrogen and oxygen atoms in total. The van der Waals surface area contributed by atoms with E-state index in [2.05, 4.69) is 6.07 Å². The Kier molecular flexibility index (Phi) is 3.58. The Morgan fingerprint density at radius 2 is 2.06 bits per heavy atom. The summed E-state index contributed by atoms with van der Waals surface area (Å²) in [5.41, 5.74) is 16.5. The molecule has 1 heterocycles. The molecule has 2 aromatic rings. The summed E-state index contributed by atoms with van der Waals surface area (Å²) >= 11 is 0. The molecule has 0 aliphatic carbocycles. The summed E-state index contributed by atoms with van der Waals surface area (Å²) in [5, 5.41) is 0. The van der Waals surface area contributed by atoms with Gasteiger partial charge in [0.2, 0.25) is 0 Å². The van der Waals surface area contributed by atoms with Crippen molar-refractivity contribution in [3.8, 4) is 11.3 Å². The van der Waals surface area contributed by atoms with Crippen LogP contribution in [0.1, 0.15) is 5.56 Å². The molecule has 1 aromatic carbocycles. The molecular formula is C14H19N3O. The van der Waals surface area contributed by atoms with Gasteiger partial charge in [0.05, 0.1) is 18.0 Å². The second-order valence-corrected chi connectivity index (χ2v) is 4.39. The van der Waals surface area contributed by atoms with Gasteiger partial charge in [-0.25, -0.2) is 0 Å². The molecule has 96 valence electrons. The summed E-state index contributed by atoms with van der Waals surface area (Å²) in [6.07, 6.45) is 2.82. The second kappa shape index (κ2) is 5.14. The van der Waals surface area contributed by atoms with Crippen molar-refractivity contribution in [2.24, 2.45) is 7.05 Å². The fourth-order valence-electron chi connectivity index (χ4n) is 2.05. The monoisotopic (exact) mass is 245 g/mol. The lowest BCUT2D eigenvalue weighted by Crippen LogP contribution is -2.03. The molecule has 0 bridgehead atoms. The fourth-order valence-corrected chi connectivity index (χ4v) is 2.05. The van der Waals surface area contributed by atoms with Crippen molar-refractivity contribution in [3.05, 3.63) is 36.0 Å². The molecule has 4 N–H and O–H groups in total. The van der Waals surface area contributed by atoms with Gasteiger partial charge in [0.1, 0.15) is 0 Å². The number of aromatic nitrogens is 1. The quantitative estimate of drug-likeness (QED) is 0.810. The number of anilines is 2. The van der Waals surface area contributed by atoms with Crippen LogP contribution in [0.3, 0.4) is 0 Å². The number of methoxy groups -OCH3 is 1. The summed E-state index contributed by atoms with van der Waals surface area (Å²) in [6.45, 7) is 0.677. The van der Waals surface area contributed by atoms with E-state index in [0.29, 0.717) is 18.0 Å². The van der Waals surface area contributed by atoms with E-state index in [9.17, 15) is 0 Å². The van der Waals surface area contributed by atoms with Gasteiger partial charge in [-0.2, -0.15) is 0 Å². The highest BCUT2D eigenvalue weighted by molar-refractivity contribution is 5.84. The number of nitrogens with two attached hydrogens (primary N) is 2. The maximum absolute atomic E-state index is 6.07. The Balaban J connectivity index is 2.46. The van der Waals surface area contributed by atoms with Crippen LogP contribution in [0, 0.1) is 0 Å². The minimum absolute atomic E-state index is 0.625. The zero-order chi connectivity index (χ0) is 13.1. The molecule has 0 unspecified atom stereocenters. The molecule has 0 fully saturated rings. The van der Waals surface area contributed by atoms with E-state index in [4.69, 9.17) is 16.2 Å². The highest BCUT2D eigenvalue weighted by atomic mass is 16.5. The summed E-state index contributed by atoms with van der Waals surface area (Å²) in [4.78, 5) is 0. The minimum atomic E-state index is 0.625. The molecule has 0 spiro atoms. The van der Waals surface area contributed by atoms with Crippen LogP contribution < -0.4 is 11.5 Å². The minimum Gasteiger partial charge on any atom is -0.397 e. The van der Waals surface area contributed by atoms with Crippen LogP contribution >= 0.6 is 0 Å². The lowest BCUT2D eigenvalue weighted by Gasteiger charge is -2.12. The first-order chi connectivity index (χ1) is 8.63. The maximum Gasteiger partial charge on any atom is 0.0642 e. The van der Waals surface area contributed by atoms with Crippen molar-refractivity contribution in [1.29, 1.82) is 0 Å². The number of rotatable bonds is 4. The van der Waals surface area contributed by atoms with E-state index in [-0.39, 0.29) is 0 Å². The van der Waals surface area contributed by atoms with E-state index in [1.165, 1.54) is 0 Å². The molecule has 1 aromatic heterocycles. The van der Waals surface area contributed by atoms with Gasteiger partial charge < -0.3 is 20.8 Å². The van der Waals surface area contributed by atoms with Crippen molar-refractivity contribution in [2.45, 2.75) is 6.42 Å². The van der Waals surface area contributed by atoms with Crippen molar-refractivity contribution >= 4 is 11.4 Å². The van der Waals surface area contributed by atoms with Gasteiger partial charge in [0.15, 0.2) is 0 Å². The summed E-state index contributed by atoms with van der Waals surface area (Å²) in [7, 11) is 3.69. The Labute approximate surface area is 107 Å². The molecule has 0 saturated carbocycles. The molecule has 18 heavy (non-hydrogen) atoms. The van der Waals surface area contributed by atoms with E-state index < -0.39 is 0 Å². The lowest BCUT2D eigenvalue weighted by molar-refractivity contribution is 0.202.